The lowest BCUT2D eigenvalue weighted by Crippen LogP contribution is -2.24. The van der Waals surface area contributed by atoms with E-state index in [2.05, 4.69) is 10.6 Å². The number of ether oxygens (including phenoxy) is 2. The van der Waals surface area contributed by atoms with Crippen LogP contribution in [0.25, 0.3) is 0 Å². The maximum atomic E-state index is 11.8. The van der Waals surface area contributed by atoms with Crippen molar-refractivity contribution in [3.63, 3.8) is 0 Å². The maximum absolute atomic E-state index is 11.8. The van der Waals surface area contributed by atoms with Crippen molar-refractivity contribution in [3.05, 3.63) is 35.4 Å². The zero-order valence-corrected chi connectivity index (χ0v) is 13.5. The van der Waals surface area contributed by atoms with Crippen molar-refractivity contribution < 1.29 is 29.3 Å². The molecule has 0 radical (unpaired) electrons. The van der Waals surface area contributed by atoms with Crippen LogP contribution in [0.1, 0.15) is 20.7 Å². The van der Waals surface area contributed by atoms with E-state index in [1.54, 1.807) is 0 Å². The largest absolute Gasteiger partial charge is 0.461 e. The molecule has 8 heteroatoms. The van der Waals surface area contributed by atoms with E-state index in [1.807, 2.05) is 0 Å². The highest BCUT2D eigenvalue weighted by Gasteiger charge is 2.10. The average molecular weight is 340 g/mol. The highest BCUT2D eigenvalue weighted by Crippen LogP contribution is 2.07. The molecule has 1 rings (SSSR count). The fraction of sp³-hybridized carbons (Fsp3) is 0.500. The van der Waals surface area contributed by atoms with Gasteiger partial charge < -0.3 is 30.3 Å². The topological polar surface area (TPSA) is 117 Å². The van der Waals surface area contributed by atoms with Gasteiger partial charge in [-0.25, -0.2) is 9.59 Å². The second-order valence-electron chi connectivity index (χ2n) is 4.80. The van der Waals surface area contributed by atoms with Crippen LogP contribution in [0.5, 0.6) is 0 Å². The number of rotatable bonds is 12. The Balaban J connectivity index is 2.33. The molecule has 1 aromatic rings. The zero-order chi connectivity index (χ0) is 17.6. The molecule has 0 aromatic heterocycles. The molecular formula is C16H24N2O6. The highest BCUT2D eigenvalue weighted by molar-refractivity contribution is 5.93. The van der Waals surface area contributed by atoms with Crippen LogP contribution in [0, 0.1) is 0 Å². The Kier molecular flexibility index (Phi) is 10.4. The number of carbonyl (C=O) groups excluding carboxylic acids is 2. The van der Waals surface area contributed by atoms with Gasteiger partial charge in [0.25, 0.3) is 0 Å². The molecule has 0 heterocycles. The molecule has 0 saturated heterocycles. The van der Waals surface area contributed by atoms with Crippen LogP contribution < -0.4 is 10.6 Å². The summed E-state index contributed by atoms with van der Waals surface area (Å²) < 4.78 is 10.1. The number of aliphatic hydroxyl groups excluding tert-OH is 2. The summed E-state index contributed by atoms with van der Waals surface area (Å²) in [5, 5.41) is 23.0. The SMILES string of the molecule is O=C(OCCNCCO)c1ccc(C(=O)OCCNCCO)cc1. The normalized spacial score (nSPS) is 10.4. The van der Waals surface area contributed by atoms with Gasteiger partial charge in [0.2, 0.25) is 0 Å². The number of carbonyl (C=O) groups is 2. The fourth-order valence-electron chi connectivity index (χ4n) is 1.75. The molecule has 0 atom stereocenters. The fourth-order valence-corrected chi connectivity index (χ4v) is 1.75. The summed E-state index contributed by atoms with van der Waals surface area (Å²) in [6.07, 6.45) is 0. The van der Waals surface area contributed by atoms with E-state index >= 15 is 0 Å². The van der Waals surface area contributed by atoms with Crippen molar-refractivity contribution in [1.82, 2.24) is 10.6 Å². The van der Waals surface area contributed by atoms with Crippen LogP contribution in [-0.2, 0) is 9.47 Å². The van der Waals surface area contributed by atoms with Crippen molar-refractivity contribution >= 4 is 11.9 Å². The molecule has 0 aliphatic carbocycles. The Labute approximate surface area is 140 Å². The van der Waals surface area contributed by atoms with Crippen molar-refractivity contribution in [2.45, 2.75) is 0 Å². The minimum atomic E-state index is -0.478. The number of aliphatic hydroxyl groups is 2. The molecule has 0 bridgehead atoms. The molecule has 0 saturated carbocycles. The Hall–Kier alpha value is -2.00. The number of hydrogen-bond acceptors (Lipinski definition) is 8. The van der Waals surface area contributed by atoms with Crippen molar-refractivity contribution in [2.24, 2.45) is 0 Å². The number of hydrogen-bond donors (Lipinski definition) is 4. The average Bonchev–Trinajstić information content (AvgIpc) is 2.61. The molecule has 0 amide bonds. The van der Waals surface area contributed by atoms with Crippen molar-refractivity contribution in [3.8, 4) is 0 Å². The van der Waals surface area contributed by atoms with Crippen LogP contribution in [0.4, 0.5) is 0 Å². The molecule has 134 valence electrons. The van der Waals surface area contributed by atoms with E-state index < -0.39 is 11.9 Å². The van der Waals surface area contributed by atoms with Crippen LogP contribution in [0.15, 0.2) is 24.3 Å². The number of nitrogens with one attached hydrogen (secondary N) is 2. The Morgan fingerprint density at radius 3 is 1.46 bits per heavy atom. The molecular weight excluding hydrogens is 316 g/mol. The van der Waals surface area contributed by atoms with Crippen LogP contribution in [-0.4, -0.2) is 74.8 Å². The van der Waals surface area contributed by atoms with E-state index in [9.17, 15) is 9.59 Å². The predicted octanol–water partition coefficient (Wildman–Crippen LogP) is -0.836. The van der Waals surface area contributed by atoms with Gasteiger partial charge in [0.1, 0.15) is 13.2 Å². The minimum Gasteiger partial charge on any atom is -0.461 e. The first-order chi connectivity index (χ1) is 11.7. The standard InChI is InChI=1S/C16H24N2O6/c19-9-5-17-7-11-23-15(21)13-1-2-14(4-3-13)16(22)24-12-8-18-6-10-20/h1-4,17-20H,5-12H2. The smallest absolute Gasteiger partial charge is 0.338 e. The molecule has 0 unspecified atom stereocenters. The van der Waals surface area contributed by atoms with Gasteiger partial charge in [-0.15, -0.1) is 0 Å². The van der Waals surface area contributed by atoms with Gasteiger partial charge in [0, 0.05) is 26.2 Å². The van der Waals surface area contributed by atoms with Gasteiger partial charge in [0.15, 0.2) is 0 Å². The zero-order valence-electron chi connectivity index (χ0n) is 13.5. The lowest BCUT2D eigenvalue weighted by atomic mass is 10.1. The van der Waals surface area contributed by atoms with Gasteiger partial charge in [-0.1, -0.05) is 0 Å². The van der Waals surface area contributed by atoms with E-state index in [4.69, 9.17) is 19.7 Å². The van der Waals surface area contributed by atoms with Crippen LogP contribution in [0.3, 0.4) is 0 Å². The van der Waals surface area contributed by atoms with Gasteiger partial charge in [-0.2, -0.15) is 0 Å². The Bertz CT molecular complexity index is 447. The molecule has 24 heavy (non-hydrogen) atoms. The third kappa shape index (κ3) is 8.02. The number of esters is 2. The van der Waals surface area contributed by atoms with E-state index in [0.29, 0.717) is 37.3 Å². The summed E-state index contributed by atoms with van der Waals surface area (Å²) in [7, 11) is 0. The Morgan fingerprint density at radius 1 is 0.750 bits per heavy atom. The number of benzene rings is 1. The monoisotopic (exact) mass is 340 g/mol. The maximum Gasteiger partial charge on any atom is 0.338 e. The second kappa shape index (κ2) is 12.4. The molecule has 1 aromatic carbocycles. The highest BCUT2D eigenvalue weighted by atomic mass is 16.5. The summed E-state index contributed by atoms with van der Waals surface area (Å²) >= 11 is 0. The summed E-state index contributed by atoms with van der Waals surface area (Å²) in [5.74, 6) is -0.956. The first-order valence-corrected chi connectivity index (χ1v) is 7.76. The van der Waals surface area contributed by atoms with E-state index in [1.165, 1.54) is 24.3 Å². The van der Waals surface area contributed by atoms with Gasteiger partial charge in [0.05, 0.1) is 24.3 Å². The molecule has 0 aliphatic rings. The van der Waals surface area contributed by atoms with Gasteiger partial charge in [-0.3, -0.25) is 0 Å². The van der Waals surface area contributed by atoms with E-state index in [0.717, 1.165) is 0 Å². The molecule has 4 N–H and O–H groups in total. The van der Waals surface area contributed by atoms with E-state index in [-0.39, 0.29) is 26.4 Å². The first kappa shape index (κ1) is 20.0. The van der Waals surface area contributed by atoms with Gasteiger partial charge in [-0.05, 0) is 24.3 Å². The summed E-state index contributed by atoms with van der Waals surface area (Å²) in [6.45, 7) is 2.27. The third-order valence-corrected chi connectivity index (χ3v) is 2.96. The van der Waals surface area contributed by atoms with Crippen molar-refractivity contribution in [1.29, 1.82) is 0 Å². The molecule has 8 nitrogen and oxygen atoms in total. The first-order valence-electron chi connectivity index (χ1n) is 7.76. The quantitative estimate of drug-likeness (QED) is 0.288. The summed E-state index contributed by atoms with van der Waals surface area (Å²) in [5.41, 5.74) is 0.691. The minimum absolute atomic E-state index is 0.0308. The van der Waals surface area contributed by atoms with Gasteiger partial charge >= 0.3 is 11.9 Å². The lowest BCUT2D eigenvalue weighted by molar-refractivity contribution is 0.0493. The van der Waals surface area contributed by atoms with Crippen LogP contribution in [0.2, 0.25) is 0 Å². The molecule has 0 aliphatic heterocycles. The summed E-state index contributed by atoms with van der Waals surface area (Å²) in [4.78, 5) is 23.6. The lowest BCUT2D eigenvalue weighted by Gasteiger charge is -2.07. The predicted molar refractivity (Wildman–Crippen MR) is 86.9 cm³/mol. The Morgan fingerprint density at radius 2 is 1.12 bits per heavy atom. The molecule has 0 fully saturated rings. The third-order valence-electron chi connectivity index (χ3n) is 2.96. The van der Waals surface area contributed by atoms with Crippen LogP contribution >= 0.6 is 0 Å². The van der Waals surface area contributed by atoms with Crippen molar-refractivity contribution in [2.75, 3.05) is 52.6 Å². The second-order valence-corrected chi connectivity index (χ2v) is 4.80. The summed E-state index contributed by atoms with van der Waals surface area (Å²) in [6, 6.07) is 6.02. The molecule has 0 spiro atoms.